The predicted octanol–water partition coefficient (Wildman–Crippen LogP) is 4.04. The fraction of sp³-hybridized carbons (Fsp3) is 0.348. The minimum absolute atomic E-state index is 0.178. The number of oxime groups is 1. The van der Waals surface area contributed by atoms with Gasteiger partial charge in [0.1, 0.15) is 11.9 Å². The molecule has 1 heterocycles. The molecule has 0 saturated heterocycles. The van der Waals surface area contributed by atoms with Crippen LogP contribution in [0.3, 0.4) is 0 Å². The lowest BCUT2D eigenvalue weighted by molar-refractivity contribution is 0.00310. The zero-order valence-corrected chi connectivity index (χ0v) is 17.5. The van der Waals surface area contributed by atoms with Gasteiger partial charge in [-0.25, -0.2) is 4.39 Å². The van der Waals surface area contributed by atoms with Gasteiger partial charge >= 0.3 is 0 Å². The van der Waals surface area contributed by atoms with E-state index in [4.69, 9.17) is 21.2 Å². The quantitative estimate of drug-likeness (QED) is 0.430. The van der Waals surface area contributed by atoms with Crippen LogP contribution < -0.4 is 0 Å². The summed E-state index contributed by atoms with van der Waals surface area (Å²) in [7, 11) is 0. The Morgan fingerprint density at radius 2 is 2.07 bits per heavy atom. The van der Waals surface area contributed by atoms with Gasteiger partial charge in [0.2, 0.25) is 0 Å². The third-order valence-electron chi connectivity index (χ3n) is 4.74. The lowest BCUT2D eigenvalue weighted by Crippen LogP contribution is -2.39. The molecule has 7 heteroatoms. The Bertz CT molecular complexity index is 860. The van der Waals surface area contributed by atoms with Crippen molar-refractivity contribution in [2.45, 2.75) is 25.2 Å². The minimum atomic E-state index is -0.713. The van der Waals surface area contributed by atoms with Crippen molar-refractivity contribution in [3.63, 3.8) is 0 Å². The van der Waals surface area contributed by atoms with E-state index < -0.39 is 6.10 Å². The molecule has 0 spiro atoms. The smallest absolute Gasteiger partial charge is 0.145 e. The second kappa shape index (κ2) is 11.2. The van der Waals surface area contributed by atoms with Gasteiger partial charge in [0.05, 0.1) is 25.0 Å². The first-order valence-electron chi connectivity index (χ1n) is 9.86. The molecule has 5 nitrogen and oxygen atoms in total. The standard InChI is InChI=1S/C23H26ClFN2O3/c1-2-11-29-16-20(28)14-27(13-18-5-3-4-6-22(18)25)15-21-12-23(26-30-21)17-7-9-19(24)10-8-17/h2-10,20-21,28H,1,11-16H2/t20-,21+/m1/s1. The number of ether oxygens (including phenoxy) is 1. The third kappa shape index (κ3) is 6.64. The van der Waals surface area contributed by atoms with Crippen LogP contribution in [0.5, 0.6) is 0 Å². The molecule has 2 aromatic rings. The van der Waals surface area contributed by atoms with Crippen molar-refractivity contribution in [3.8, 4) is 0 Å². The Kier molecular flexibility index (Phi) is 8.39. The van der Waals surface area contributed by atoms with Crippen LogP contribution in [0.4, 0.5) is 4.39 Å². The summed E-state index contributed by atoms with van der Waals surface area (Å²) in [6, 6.07) is 14.1. The summed E-state index contributed by atoms with van der Waals surface area (Å²) < 4.78 is 19.5. The third-order valence-corrected chi connectivity index (χ3v) is 4.99. The summed E-state index contributed by atoms with van der Waals surface area (Å²) in [6.07, 6.45) is 1.35. The van der Waals surface area contributed by atoms with E-state index in [1.54, 1.807) is 24.3 Å². The number of nitrogens with zero attached hydrogens (tertiary/aromatic N) is 2. The van der Waals surface area contributed by atoms with Crippen molar-refractivity contribution in [2.24, 2.45) is 5.16 Å². The fourth-order valence-corrected chi connectivity index (χ4v) is 3.46. The molecule has 0 amide bonds. The Balaban J connectivity index is 1.62. The van der Waals surface area contributed by atoms with Gasteiger partial charge in [-0.05, 0) is 23.8 Å². The van der Waals surface area contributed by atoms with Crippen LogP contribution >= 0.6 is 11.6 Å². The number of rotatable bonds is 11. The van der Waals surface area contributed by atoms with E-state index in [1.807, 2.05) is 29.2 Å². The van der Waals surface area contributed by atoms with Crippen LogP contribution in [0.15, 0.2) is 66.3 Å². The number of aliphatic hydroxyl groups excluding tert-OH is 1. The summed E-state index contributed by atoms with van der Waals surface area (Å²) in [5.74, 6) is -0.273. The highest BCUT2D eigenvalue weighted by Gasteiger charge is 2.26. The summed E-state index contributed by atoms with van der Waals surface area (Å²) >= 11 is 5.95. The minimum Gasteiger partial charge on any atom is -0.390 e. The number of halogens is 2. The van der Waals surface area contributed by atoms with E-state index in [-0.39, 0.29) is 18.5 Å². The molecule has 3 rings (SSSR count). The lowest BCUT2D eigenvalue weighted by Gasteiger charge is -2.27. The van der Waals surface area contributed by atoms with Gasteiger partial charge in [0.15, 0.2) is 0 Å². The highest BCUT2D eigenvalue weighted by Crippen LogP contribution is 2.20. The number of hydrogen-bond donors (Lipinski definition) is 1. The molecule has 0 aliphatic carbocycles. The van der Waals surface area contributed by atoms with E-state index in [9.17, 15) is 9.50 Å². The first-order valence-corrected chi connectivity index (χ1v) is 10.2. The van der Waals surface area contributed by atoms with Gasteiger partial charge in [-0.1, -0.05) is 53.2 Å². The molecule has 0 saturated carbocycles. The Morgan fingerprint density at radius 1 is 1.30 bits per heavy atom. The topological polar surface area (TPSA) is 54.3 Å². The molecule has 0 unspecified atom stereocenters. The van der Waals surface area contributed by atoms with Crippen LogP contribution in [0, 0.1) is 5.82 Å². The van der Waals surface area contributed by atoms with Gasteiger partial charge in [-0.2, -0.15) is 0 Å². The Hall–Kier alpha value is -2.25. The molecule has 1 N–H and O–H groups in total. The highest BCUT2D eigenvalue weighted by molar-refractivity contribution is 6.30. The van der Waals surface area contributed by atoms with E-state index in [0.717, 1.165) is 11.3 Å². The monoisotopic (exact) mass is 432 g/mol. The predicted molar refractivity (Wildman–Crippen MR) is 116 cm³/mol. The molecule has 0 radical (unpaired) electrons. The Morgan fingerprint density at radius 3 is 2.80 bits per heavy atom. The van der Waals surface area contributed by atoms with Crippen LogP contribution in [0.1, 0.15) is 17.5 Å². The summed E-state index contributed by atoms with van der Waals surface area (Å²) in [4.78, 5) is 7.59. The van der Waals surface area contributed by atoms with Gasteiger partial charge in [0, 0.05) is 36.6 Å². The maximum Gasteiger partial charge on any atom is 0.145 e. The van der Waals surface area contributed by atoms with Crippen molar-refractivity contribution < 1.29 is 19.1 Å². The molecule has 0 fully saturated rings. The summed E-state index contributed by atoms with van der Waals surface area (Å²) in [5.41, 5.74) is 2.37. The zero-order chi connectivity index (χ0) is 21.3. The van der Waals surface area contributed by atoms with E-state index in [1.165, 1.54) is 6.07 Å². The van der Waals surface area contributed by atoms with Crippen LogP contribution in [0.2, 0.25) is 5.02 Å². The first kappa shape index (κ1) is 22.4. The number of aliphatic hydroxyl groups is 1. The van der Waals surface area contributed by atoms with Gasteiger partial charge in [0.25, 0.3) is 0 Å². The number of benzene rings is 2. The maximum absolute atomic E-state index is 14.2. The molecule has 0 aromatic heterocycles. The maximum atomic E-state index is 14.2. The fourth-order valence-electron chi connectivity index (χ4n) is 3.34. The molecule has 160 valence electrons. The Labute approximate surface area is 181 Å². The molecular formula is C23H26ClFN2O3. The molecule has 1 aliphatic heterocycles. The molecule has 30 heavy (non-hydrogen) atoms. The van der Waals surface area contributed by atoms with Crippen molar-refractivity contribution in [1.82, 2.24) is 4.90 Å². The van der Waals surface area contributed by atoms with Gasteiger partial charge in [-0.15, -0.1) is 6.58 Å². The van der Waals surface area contributed by atoms with Crippen molar-refractivity contribution in [1.29, 1.82) is 0 Å². The largest absolute Gasteiger partial charge is 0.390 e. The second-order valence-corrected chi connectivity index (χ2v) is 7.68. The average molecular weight is 433 g/mol. The molecule has 2 aromatic carbocycles. The summed E-state index contributed by atoms with van der Waals surface area (Å²) in [6.45, 7) is 5.30. The van der Waals surface area contributed by atoms with Gasteiger partial charge in [-0.3, -0.25) is 4.90 Å². The molecular weight excluding hydrogens is 407 g/mol. The number of hydrogen-bond acceptors (Lipinski definition) is 5. The second-order valence-electron chi connectivity index (χ2n) is 7.24. The molecule has 1 aliphatic rings. The van der Waals surface area contributed by atoms with Crippen LogP contribution in [-0.4, -0.2) is 54.2 Å². The van der Waals surface area contributed by atoms with E-state index in [0.29, 0.717) is 43.2 Å². The first-order chi connectivity index (χ1) is 14.5. The molecule has 0 bridgehead atoms. The lowest BCUT2D eigenvalue weighted by atomic mass is 10.0. The summed E-state index contributed by atoms with van der Waals surface area (Å²) in [5, 5.41) is 15.2. The SMILES string of the molecule is C=CCOC[C@H](O)CN(Cc1ccccc1F)C[C@@H]1CC(c2ccc(Cl)cc2)=NO1. The van der Waals surface area contributed by atoms with Crippen molar-refractivity contribution in [2.75, 3.05) is 26.3 Å². The molecule has 2 atom stereocenters. The van der Waals surface area contributed by atoms with E-state index >= 15 is 0 Å². The van der Waals surface area contributed by atoms with Crippen molar-refractivity contribution in [3.05, 3.63) is 83.2 Å². The van der Waals surface area contributed by atoms with Crippen LogP contribution in [0.25, 0.3) is 0 Å². The average Bonchev–Trinajstić information content (AvgIpc) is 3.19. The van der Waals surface area contributed by atoms with Crippen molar-refractivity contribution >= 4 is 17.3 Å². The zero-order valence-electron chi connectivity index (χ0n) is 16.7. The van der Waals surface area contributed by atoms with Crippen LogP contribution in [-0.2, 0) is 16.1 Å². The highest BCUT2D eigenvalue weighted by atomic mass is 35.5. The van der Waals surface area contributed by atoms with Gasteiger partial charge < -0.3 is 14.7 Å². The normalized spacial score (nSPS) is 16.9. The van der Waals surface area contributed by atoms with E-state index in [2.05, 4.69) is 11.7 Å².